The van der Waals surface area contributed by atoms with Crippen LogP contribution in [0.5, 0.6) is 0 Å². The van der Waals surface area contributed by atoms with Crippen molar-refractivity contribution in [2.45, 2.75) is 38.3 Å². The molecule has 4 nitrogen and oxygen atoms in total. The van der Waals surface area contributed by atoms with Gasteiger partial charge in [0, 0.05) is 25.0 Å². The normalized spacial score (nSPS) is 13.5. The van der Waals surface area contributed by atoms with Gasteiger partial charge in [0.2, 0.25) is 5.91 Å². The Morgan fingerprint density at radius 3 is 2.00 bits per heavy atom. The van der Waals surface area contributed by atoms with E-state index in [0.717, 1.165) is 11.1 Å². The van der Waals surface area contributed by atoms with Gasteiger partial charge in [0.1, 0.15) is 0 Å². The van der Waals surface area contributed by atoms with Crippen molar-refractivity contribution in [3.8, 4) is 0 Å². The fourth-order valence-electron chi connectivity index (χ4n) is 2.56. The van der Waals surface area contributed by atoms with Crippen molar-refractivity contribution in [2.24, 2.45) is 11.5 Å². The van der Waals surface area contributed by atoms with Crippen molar-refractivity contribution in [2.75, 3.05) is 6.54 Å². The molecule has 2 aromatic carbocycles. The van der Waals surface area contributed by atoms with Gasteiger partial charge in [-0.2, -0.15) is 0 Å². The molecular formula is C20H27N3O. The summed E-state index contributed by atoms with van der Waals surface area (Å²) in [5, 5.41) is 2.87. The van der Waals surface area contributed by atoms with Crippen molar-refractivity contribution in [1.82, 2.24) is 5.32 Å². The lowest BCUT2D eigenvalue weighted by atomic mass is 9.98. The number of nitrogens with one attached hydrogen (secondary N) is 1. The Morgan fingerprint density at radius 2 is 1.42 bits per heavy atom. The van der Waals surface area contributed by atoms with Gasteiger partial charge in [-0.1, -0.05) is 68.4 Å². The molecule has 128 valence electrons. The van der Waals surface area contributed by atoms with E-state index in [-0.39, 0.29) is 24.4 Å². The number of nitrogens with two attached hydrogens (primary N) is 2. The monoisotopic (exact) mass is 325 g/mol. The summed E-state index contributed by atoms with van der Waals surface area (Å²) in [4.78, 5) is 12.1. The van der Waals surface area contributed by atoms with Crippen LogP contribution in [-0.4, -0.2) is 12.5 Å². The number of carbonyl (C=O) groups excluding carboxylic acids is 1. The highest BCUT2D eigenvalue weighted by Crippen LogP contribution is 2.19. The third kappa shape index (κ3) is 5.18. The molecule has 0 saturated carbocycles. The van der Waals surface area contributed by atoms with Gasteiger partial charge in [-0.3, -0.25) is 4.79 Å². The highest BCUT2D eigenvalue weighted by molar-refractivity contribution is 5.76. The van der Waals surface area contributed by atoms with Crippen LogP contribution in [0.1, 0.15) is 55.0 Å². The number of carbonyl (C=O) groups is 1. The second kappa shape index (κ2) is 8.62. The summed E-state index contributed by atoms with van der Waals surface area (Å²) in [5.41, 5.74) is 15.5. The summed E-state index contributed by atoms with van der Waals surface area (Å²) < 4.78 is 0. The van der Waals surface area contributed by atoms with E-state index in [1.165, 1.54) is 5.56 Å². The average Bonchev–Trinajstić information content (AvgIpc) is 2.60. The molecular weight excluding hydrogens is 298 g/mol. The van der Waals surface area contributed by atoms with Crippen LogP contribution in [-0.2, 0) is 4.79 Å². The van der Waals surface area contributed by atoms with E-state index >= 15 is 0 Å². The molecule has 0 radical (unpaired) electrons. The predicted molar refractivity (Wildman–Crippen MR) is 98.5 cm³/mol. The van der Waals surface area contributed by atoms with Crippen LogP contribution in [0, 0.1) is 0 Å². The first kappa shape index (κ1) is 18.2. The van der Waals surface area contributed by atoms with E-state index in [9.17, 15) is 4.79 Å². The quantitative estimate of drug-likeness (QED) is 0.732. The second-order valence-electron chi connectivity index (χ2n) is 6.45. The minimum absolute atomic E-state index is 0.0817. The molecule has 0 aliphatic carbocycles. The molecule has 2 aromatic rings. The first-order valence-corrected chi connectivity index (χ1v) is 8.40. The Labute approximate surface area is 144 Å². The van der Waals surface area contributed by atoms with Crippen molar-refractivity contribution in [3.05, 3.63) is 71.3 Å². The summed E-state index contributed by atoms with van der Waals surface area (Å²) >= 11 is 0. The van der Waals surface area contributed by atoms with Gasteiger partial charge in [-0.05, 0) is 22.6 Å². The van der Waals surface area contributed by atoms with Crippen LogP contribution in [0.2, 0.25) is 0 Å². The van der Waals surface area contributed by atoms with E-state index in [1.54, 1.807) is 0 Å². The Bertz CT molecular complexity index is 638. The maximum atomic E-state index is 12.1. The Hall–Kier alpha value is -2.17. The Balaban J connectivity index is 1.83. The topological polar surface area (TPSA) is 81.1 Å². The lowest BCUT2D eigenvalue weighted by Gasteiger charge is -2.16. The van der Waals surface area contributed by atoms with Crippen molar-refractivity contribution in [1.29, 1.82) is 0 Å². The largest absolute Gasteiger partial charge is 0.354 e. The molecule has 4 heteroatoms. The first-order valence-electron chi connectivity index (χ1n) is 8.40. The van der Waals surface area contributed by atoms with Gasteiger partial charge in [0.25, 0.3) is 0 Å². The highest BCUT2D eigenvalue weighted by Gasteiger charge is 2.13. The van der Waals surface area contributed by atoms with E-state index in [2.05, 4.69) is 31.3 Å². The van der Waals surface area contributed by atoms with Crippen molar-refractivity contribution >= 4 is 5.91 Å². The molecule has 1 amide bonds. The summed E-state index contributed by atoms with van der Waals surface area (Å²) in [7, 11) is 0. The number of hydrogen-bond donors (Lipinski definition) is 3. The molecule has 0 saturated heterocycles. The standard InChI is InChI=1S/C20H27N3O/c1-14(2)15-8-10-17(11-9-15)18(21)12-20(24)23-13-19(22)16-6-4-3-5-7-16/h3-11,14,18-19H,12-13,21-22H2,1-2H3,(H,23,24)/t18?,19-/m1/s1. The second-order valence-corrected chi connectivity index (χ2v) is 6.45. The van der Waals surface area contributed by atoms with Crippen molar-refractivity contribution in [3.63, 3.8) is 0 Å². The Kier molecular flexibility index (Phi) is 6.53. The zero-order valence-electron chi connectivity index (χ0n) is 14.4. The van der Waals surface area contributed by atoms with Gasteiger partial charge >= 0.3 is 0 Å². The van der Waals surface area contributed by atoms with Gasteiger partial charge < -0.3 is 16.8 Å². The van der Waals surface area contributed by atoms with Crippen LogP contribution >= 0.6 is 0 Å². The number of rotatable bonds is 7. The zero-order chi connectivity index (χ0) is 17.5. The highest BCUT2D eigenvalue weighted by atomic mass is 16.1. The van der Waals surface area contributed by atoms with E-state index in [4.69, 9.17) is 11.5 Å². The molecule has 1 unspecified atom stereocenters. The third-order valence-corrected chi connectivity index (χ3v) is 4.18. The minimum atomic E-state index is -0.306. The molecule has 2 rings (SSSR count). The maximum Gasteiger partial charge on any atom is 0.221 e. The summed E-state index contributed by atoms with van der Waals surface area (Å²) in [5.74, 6) is 0.403. The van der Waals surface area contributed by atoms with Crippen LogP contribution in [0.4, 0.5) is 0 Å². The lowest BCUT2D eigenvalue weighted by molar-refractivity contribution is -0.121. The van der Waals surface area contributed by atoms with Crippen LogP contribution < -0.4 is 16.8 Å². The first-order chi connectivity index (χ1) is 11.5. The SMILES string of the molecule is CC(C)c1ccc(C(N)CC(=O)NC[C@@H](N)c2ccccc2)cc1. The third-order valence-electron chi connectivity index (χ3n) is 4.18. The minimum Gasteiger partial charge on any atom is -0.354 e. The van der Waals surface area contributed by atoms with E-state index < -0.39 is 0 Å². The lowest BCUT2D eigenvalue weighted by Crippen LogP contribution is -2.33. The van der Waals surface area contributed by atoms with Gasteiger partial charge in [0.15, 0.2) is 0 Å². The fourth-order valence-corrected chi connectivity index (χ4v) is 2.56. The van der Waals surface area contributed by atoms with Crippen LogP contribution in [0.3, 0.4) is 0 Å². The predicted octanol–water partition coefficient (Wildman–Crippen LogP) is 3.02. The molecule has 0 aliphatic rings. The number of amides is 1. The van der Waals surface area contributed by atoms with Crippen LogP contribution in [0.15, 0.2) is 54.6 Å². The summed E-state index contributed by atoms with van der Waals surface area (Å²) in [6.45, 7) is 4.71. The Morgan fingerprint density at radius 1 is 0.875 bits per heavy atom. The molecule has 0 spiro atoms. The average molecular weight is 325 g/mol. The molecule has 0 heterocycles. The molecule has 0 aromatic heterocycles. The maximum absolute atomic E-state index is 12.1. The molecule has 24 heavy (non-hydrogen) atoms. The fraction of sp³-hybridized carbons (Fsp3) is 0.350. The van der Waals surface area contributed by atoms with Crippen LogP contribution in [0.25, 0.3) is 0 Å². The molecule has 0 bridgehead atoms. The molecule has 0 fully saturated rings. The molecule has 0 aliphatic heterocycles. The number of hydrogen-bond acceptors (Lipinski definition) is 3. The van der Waals surface area contributed by atoms with Crippen molar-refractivity contribution < 1.29 is 4.79 Å². The van der Waals surface area contributed by atoms with Gasteiger partial charge in [-0.25, -0.2) is 0 Å². The smallest absolute Gasteiger partial charge is 0.221 e. The van der Waals surface area contributed by atoms with E-state index in [0.29, 0.717) is 12.5 Å². The number of benzene rings is 2. The summed E-state index contributed by atoms with van der Waals surface area (Å²) in [6, 6.07) is 17.4. The zero-order valence-corrected chi connectivity index (χ0v) is 14.4. The van der Waals surface area contributed by atoms with E-state index in [1.807, 2.05) is 42.5 Å². The van der Waals surface area contributed by atoms with Gasteiger partial charge in [-0.15, -0.1) is 0 Å². The molecule has 2 atom stereocenters. The van der Waals surface area contributed by atoms with Gasteiger partial charge in [0.05, 0.1) is 0 Å². The summed E-state index contributed by atoms with van der Waals surface area (Å²) in [6.07, 6.45) is 0.253. The molecule has 5 N–H and O–H groups in total.